The predicted octanol–water partition coefficient (Wildman–Crippen LogP) is 1.59. The van der Waals surface area contributed by atoms with Gasteiger partial charge in [-0.15, -0.1) is 0 Å². The molecule has 0 spiro atoms. The lowest BCUT2D eigenvalue weighted by atomic mass is 10.2. The fourth-order valence-electron chi connectivity index (χ4n) is 1.99. The van der Waals surface area contributed by atoms with Crippen LogP contribution in [0.2, 0.25) is 0 Å². The highest BCUT2D eigenvalue weighted by Crippen LogP contribution is 2.22. The molecule has 0 bridgehead atoms. The molecule has 0 aliphatic rings. The lowest BCUT2D eigenvalue weighted by Gasteiger charge is -2.15. The Bertz CT molecular complexity index is 645. The zero-order chi connectivity index (χ0) is 18.8. The van der Waals surface area contributed by atoms with Crippen LogP contribution >= 0.6 is 0 Å². The summed E-state index contributed by atoms with van der Waals surface area (Å²) in [5.74, 6) is -0.311. The van der Waals surface area contributed by atoms with Gasteiger partial charge in [0.15, 0.2) is 6.29 Å². The average Bonchev–Trinajstić information content (AvgIpc) is 2.60. The molecular weight excluding hydrogens is 332 g/mol. The van der Waals surface area contributed by atoms with E-state index in [0.29, 0.717) is 31.5 Å². The van der Waals surface area contributed by atoms with E-state index in [0.717, 1.165) is 0 Å². The molecule has 0 atom stereocenters. The first-order valence-corrected chi connectivity index (χ1v) is 7.56. The highest BCUT2D eigenvalue weighted by atomic mass is 16.6. The van der Waals surface area contributed by atoms with Crippen molar-refractivity contribution >= 4 is 23.9 Å². The van der Waals surface area contributed by atoms with Crippen LogP contribution in [-0.2, 0) is 14.3 Å². The predicted molar refractivity (Wildman–Crippen MR) is 87.5 cm³/mol. The zero-order valence-corrected chi connectivity index (χ0v) is 14.1. The van der Waals surface area contributed by atoms with E-state index in [2.05, 4.69) is 4.74 Å². The van der Waals surface area contributed by atoms with Gasteiger partial charge in [0.25, 0.3) is 5.69 Å². The number of nitro groups is 1. The van der Waals surface area contributed by atoms with Crippen LogP contribution in [0.1, 0.15) is 29.6 Å². The summed E-state index contributed by atoms with van der Waals surface area (Å²) in [6.45, 7) is 0.202. The summed E-state index contributed by atoms with van der Waals surface area (Å²) in [4.78, 5) is 45.1. The summed E-state index contributed by atoms with van der Waals surface area (Å²) >= 11 is 0. The van der Waals surface area contributed by atoms with E-state index in [1.165, 1.54) is 37.3 Å². The number of likely N-dealkylation sites (N-methyl/N-ethyl adjacent to an activating group) is 1. The fourth-order valence-corrected chi connectivity index (χ4v) is 1.99. The van der Waals surface area contributed by atoms with Crippen molar-refractivity contribution in [2.75, 3.05) is 27.3 Å². The summed E-state index contributed by atoms with van der Waals surface area (Å²) in [5, 5.41) is 10.7. The molecule has 1 rings (SSSR count). The Balaban J connectivity index is 2.36. The number of ether oxygens (including phenoxy) is 2. The second-order valence-corrected chi connectivity index (χ2v) is 5.23. The van der Waals surface area contributed by atoms with Crippen LogP contribution in [0, 0.1) is 10.1 Å². The number of carbonyl (C=O) groups is 3. The molecule has 25 heavy (non-hydrogen) atoms. The minimum atomic E-state index is -0.635. The first-order chi connectivity index (χ1) is 11.9. The van der Waals surface area contributed by atoms with Crippen molar-refractivity contribution in [3.05, 3.63) is 33.9 Å². The summed E-state index contributed by atoms with van der Waals surface area (Å²) in [6.07, 6.45) is 1.79. The second kappa shape index (κ2) is 10.0. The summed E-state index contributed by atoms with van der Waals surface area (Å²) in [5.41, 5.74) is -0.330. The maximum atomic E-state index is 11.8. The Morgan fingerprint density at radius 2 is 2.04 bits per heavy atom. The van der Waals surface area contributed by atoms with E-state index < -0.39 is 10.9 Å². The highest BCUT2D eigenvalue weighted by Gasteiger charge is 2.14. The van der Waals surface area contributed by atoms with Gasteiger partial charge in [-0.3, -0.25) is 24.5 Å². The summed E-state index contributed by atoms with van der Waals surface area (Å²) < 4.78 is 9.91. The smallest absolute Gasteiger partial charge is 0.325 e. The Morgan fingerprint density at radius 1 is 1.32 bits per heavy atom. The number of hydrogen-bond acceptors (Lipinski definition) is 7. The molecule has 0 N–H and O–H groups in total. The van der Waals surface area contributed by atoms with Crippen LogP contribution in [0.3, 0.4) is 0 Å². The third kappa shape index (κ3) is 6.58. The average molecular weight is 352 g/mol. The van der Waals surface area contributed by atoms with Gasteiger partial charge < -0.3 is 14.4 Å². The molecule has 0 fully saturated rings. The molecule has 0 aliphatic carbocycles. The number of carbonyl (C=O) groups excluding carboxylic acids is 3. The van der Waals surface area contributed by atoms with E-state index in [4.69, 9.17) is 4.74 Å². The molecule has 9 nitrogen and oxygen atoms in total. The molecule has 0 saturated heterocycles. The Labute approximate surface area is 144 Å². The number of nitro benzene ring substituents is 1. The van der Waals surface area contributed by atoms with Gasteiger partial charge in [0, 0.05) is 19.5 Å². The first kappa shape index (κ1) is 20.1. The Hall–Kier alpha value is -2.97. The molecule has 1 amide bonds. The number of rotatable bonds is 10. The maximum absolute atomic E-state index is 11.8. The normalized spacial score (nSPS) is 10.0. The number of aldehydes is 1. The van der Waals surface area contributed by atoms with Crippen molar-refractivity contribution < 1.29 is 28.8 Å². The van der Waals surface area contributed by atoms with Gasteiger partial charge in [0.05, 0.1) is 24.2 Å². The number of unbranched alkanes of at least 4 members (excludes halogenated alkanes) is 1. The molecular formula is C16H20N2O7. The standard InChI is InChI=1S/C16H20N2O7/c1-17(10-16(21)24-2)15(20)5-3-4-8-25-13-6-7-14(18(22)23)12(9-13)11-19/h6-7,9,11H,3-5,8,10H2,1-2H3. The van der Waals surface area contributed by atoms with Crippen LogP contribution in [0.5, 0.6) is 5.75 Å². The van der Waals surface area contributed by atoms with E-state index in [9.17, 15) is 24.5 Å². The quantitative estimate of drug-likeness (QED) is 0.206. The first-order valence-electron chi connectivity index (χ1n) is 7.56. The number of benzene rings is 1. The van der Waals surface area contributed by atoms with Crippen molar-refractivity contribution in [2.45, 2.75) is 19.3 Å². The van der Waals surface area contributed by atoms with Crippen molar-refractivity contribution in [1.82, 2.24) is 4.90 Å². The van der Waals surface area contributed by atoms with E-state index in [1.54, 1.807) is 0 Å². The molecule has 1 aromatic carbocycles. The SMILES string of the molecule is COC(=O)CN(C)C(=O)CCCCOc1ccc([N+](=O)[O-])c(C=O)c1. The van der Waals surface area contributed by atoms with Gasteiger partial charge in [0.1, 0.15) is 12.3 Å². The number of esters is 1. The number of methoxy groups -OCH3 is 1. The van der Waals surface area contributed by atoms with Crippen molar-refractivity contribution in [3.63, 3.8) is 0 Å². The maximum Gasteiger partial charge on any atom is 0.325 e. The Morgan fingerprint density at radius 3 is 2.64 bits per heavy atom. The fraction of sp³-hybridized carbons (Fsp3) is 0.438. The van der Waals surface area contributed by atoms with Gasteiger partial charge in [-0.05, 0) is 25.0 Å². The monoisotopic (exact) mass is 352 g/mol. The van der Waals surface area contributed by atoms with E-state index in [1.807, 2.05) is 0 Å². The molecule has 0 heterocycles. The van der Waals surface area contributed by atoms with Gasteiger partial charge in [-0.1, -0.05) is 0 Å². The molecule has 0 radical (unpaired) electrons. The van der Waals surface area contributed by atoms with Crippen LogP contribution in [-0.4, -0.2) is 55.3 Å². The lowest BCUT2D eigenvalue weighted by molar-refractivity contribution is -0.385. The molecule has 0 aromatic heterocycles. The third-order valence-corrected chi connectivity index (χ3v) is 3.40. The minimum absolute atomic E-state index is 0.0536. The molecule has 0 saturated carbocycles. The van der Waals surface area contributed by atoms with Crippen LogP contribution < -0.4 is 4.74 Å². The van der Waals surface area contributed by atoms with Crippen molar-refractivity contribution in [3.8, 4) is 5.75 Å². The molecule has 0 unspecified atom stereocenters. The zero-order valence-electron chi connectivity index (χ0n) is 14.1. The van der Waals surface area contributed by atoms with Gasteiger partial charge in [0.2, 0.25) is 5.91 Å². The Kier molecular flexibility index (Phi) is 8.04. The van der Waals surface area contributed by atoms with Crippen molar-refractivity contribution in [1.29, 1.82) is 0 Å². The van der Waals surface area contributed by atoms with Crippen LogP contribution in [0.25, 0.3) is 0 Å². The molecule has 9 heteroatoms. The topological polar surface area (TPSA) is 116 Å². The number of amides is 1. The third-order valence-electron chi connectivity index (χ3n) is 3.40. The molecule has 1 aromatic rings. The number of hydrogen-bond donors (Lipinski definition) is 0. The largest absolute Gasteiger partial charge is 0.494 e. The van der Waals surface area contributed by atoms with Gasteiger partial charge in [-0.2, -0.15) is 0 Å². The molecule has 136 valence electrons. The van der Waals surface area contributed by atoms with Crippen molar-refractivity contribution in [2.24, 2.45) is 0 Å². The summed E-state index contributed by atoms with van der Waals surface area (Å²) in [7, 11) is 2.78. The van der Waals surface area contributed by atoms with Gasteiger partial charge in [-0.25, -0.2) is 0 Å². The summed E-state index contributed by atoms with van der Waals surface area (Å²) in [6, 6.07) is 3.94. The lowest BCUT2D eigenvalue weighted by Crippen LogP contribution is -2.32. The number of nitrogens with zero attached hydrogens (tertiary/aromatic N) is 2. The minimum Gasteiger partial charge on any atom is -0.494 e. The second-order valence-electron chi connectivity index (χ2n) is 5.23. The van der Waals surface area contributed by atoms with E-state index in [-0.39, 0.29) is 30.1 Å². The van der Waals surface area contributed by atoms with Gasteiger partial charge >= 0.3 is 5.97 Å². The molecule has 0 aliphatic heterocycles. The van der Waals surface area contributed by atoms with Crippen LogP contribution in [0.4, 0.5) is 5.69 Å². The van der Waals surface area contributed by atoms with E-state index >= 15 is 0 Å². The van der Waals surface area contributed by atoms with Crippen LogP contribution in [0.15, 0.2) is 18.2 Å². The highest BCUT2D eigenvalue weighted by molar-refractivity contribution is 5.82.